The maximum atomic E-state index is 11.2. The Morgan fingerprint density at radius 3 is 2.79 bits per heavy atom. The van der Waals surface area contributed by atoms with Crippen molar-refractivity contribution in [2.45, 2.75) is 19.4 Å². The Bertz CT molecular complexity index is 464. The summed E-state index contributed by atoms with van der Waals surface area (Å²) in [6, 6.07) is 4.87. The van der Waals surface area contributed by atoms with Crippen LogP contribution in [0.2, 0.25) is 0 Å². The van der Waals surface area contributed by atoms with Crippen molar-refractivity contribution in [2.75, 3.05) is 20.2 Å². The number of rotatable bonds is 4. The van der Waals surface area contributed by atoms with Gasteiger partial charge in [-0.3, -0.25) is 10.1 Å². The van der Waals surface area contributed by atoms with E-state index in [0.29, 0.717) is 12.5 Å². The molecule has 1 aliphatic heterocycles. The molecule has 1 aromatic carbocycles. The van der Waals surface area contributed by atoms with E-state index in [2.05, 4.69) is 12.2 Å². The number of nitrogens with one attached hydrogen (secondary N) is 1. The molecule has 1 N–H and O–H groups in total. The van der Waals surface area contributed by atoms with Gasteiger partial charge in [-0.25, -0.2) is 0 Å². The molecule has 2 unspecified atom stereocenters. The number of hydrogen-bond donors (Lipinski definition) is 1. The Balaban J connectivity index is 2.26. The van der Waals surface area contributed by atoms with Gasteiger partial charge in [0.05, 0.1) is 12.0 Å². The largest absolute Gasteiger partial charge is 0.490 e. The zero-order valence-electron chi connectivity index (χ0n) is 11.1. The zero-order chi connectivity index (χ0) is 13.8. The van der Waals surface area contributed by atoms with Crippen LogP contribution in [-0.4, -0.2) is 31.2 Å². The van der Waals surface area contributed by atoms with E-state index in [1.54, 1.807) is 18.2 Å². The molecular weight excluding hydrogens is 248 g/mol. The van der Waals surface area contributed by atoms with Crippen molar-refractivity contribution in [2.24, 2.45) is 5.92 Å². The third-order valence-corrected chi connectivity index (χ3v) is 3.40. The zero-order valence-corrected chi connectivity index (χ0v) is 11.1. The first kappa shape index (κ1) is 13.6. The van der Waals surface area contributed by atoms with Crippen LogP contribution < -0.4 is 14.8 Å². The molecule has 6 heteroatoms. The van der Waals surface area contributed by atoms with Crippen LogP contribution in [0.15, 0.2) is 18.2 Å². The van der Waals surface area contributed by atoms with E-state index in [1.807, 2.05) is 0 Å². The smallest absolute Gasteiger partial charge is 0.352 e. The average Bonchev–Trinajstić information content (AvgIpc) is 2.40. The Labute approximate surface area is 111 Å². The van der Waals surface area contributed by atoms with Crippen LogP contribution in [0.3, 0.4) is 0 Å². The second kappa shape index (κ2) is 5.88. The lowest BCUT2D eigenvalue weighted by Crippen LogP contribution is -2.42. The maximum absolute atomic E-state index is 11.2. The van der Waals surface area contributed by atoms with Gasteiger partial charge in [0, 0.05) is 6.54 Å². The summed E-state index contributed by atoms with van der Waals surface area (Å²) in [5.74, 6) is 0.857. The maximum Gasteiger partial charge on any atom is 0.352 e. The lowest BCUT2D eigenvalue weighted by atomic mass is 9.97. The van der Waals surface area contributed by atoms with Gasteiger partial charge in [0.15, 0.2) is 0 Å². The van der Waals surface area contributed by atoms with Crippen LogP contribution in [0.5, 0.6) is 11.5 Å². The van der Waals surface area contributed by atoms with Crippen LogP contribution in [0.25, 0.3) is 0 Å². The van der Waals surface area contributed by atoms with Crippen LogP contribution in [0.1, 0.15) is 13.3 Å². The van der Waals surface area contributed by atoms with E-state index < -0.39 is 4.92 Å². The fraction of sp³-hybridized carbons (Fsp3) is 0.538. The summed E-state index contributed by atoms with van der Waals surface area (Å²) in [5, 5.41) is 14.4. The second-order valence-electron chi connectivity index (χ2n) is 4.69. The highest BCUT2D eigenvalue weighted by atomic mass is 16.6. The van der Waals surface area contributed by atoms with Crippen molar-refractivity contribution < 1.29 is 14.4 Å². The molecular formula is C13H18N2O4. The molecule has 19 heavy (non-hydrogen) atoms. The molecule has 0 aromatic heterocycles. The number of nitrogens with zero attached hydrogens (tertiary/aromatic N) is 1. The lowest BCUT2D eigenvalue weighted by Gasteiger charge is -2.29. The van der Waals surface area contributed by atoms with E-state index >= 15 is 0 Å². The van der Waals surface area contributed by atoms with Gasteiger partial charge in [0.2, 0.25) is 11.5 Å². The van der Waals surface area contributed by atoms with Crippen molar-refractivity contribution in [3.05, 3.63) is 28.3 Å². The normalized spacial score (nSPS) is 22.8. The minimum absolute atomic E-state index is 0.0560. The summed E-state index contributed by atoms with van der Waals surface area (Å²) in [4.78, 5) is 10.7. The van der Waals surface area contributed by atoms with Gasteiger partial charge in [0.1, 0.15) is 6.10 Å². The molecule has 0 bridgehead atoms. The molecule has 1 heterocycles. The predicted octanol–water partition coefficient (Wildman–Crippen LogP) is 1.98. The van der Waals surface area contributed by atoms with E-state index in [-0.39, 0.29) is 23.3 Å². The van der Waals surface area contributed by atoms with E-state index in [0.717, 1.165) is 13.0 Å². The van der Waals surface area contributed by atoms with Crippen molar-refractivity contribution in [1.82, 2.24) is 5.32 Å². The van der Waals surface area contributed by atoms with Gasteiger partial charge in [-0.05, 0) is 31.0 Å². The number of hydrogen-bond acceptors (Lipinski definition) is 5. The highest BCUT2D eigenvalue weighted by molar-refractivity contribution is 5.57. The Morgan fingerprint density at radius 1 is 1.42 bits per heavy atom. The van der Waals surface area contributed by atoms with Crippen LogP contribution in [-0.2, 0) is 0 Å². The van der Waals surface area contributed by atoms with Gasteiger partial charge in [-0.1, -0.05) is 13.0 Å². The summed E-state index contributed by atoms with van der Waals surface area (Å²) in [6.45, 7) is 3.76. The van der Waals surface area contributed by atoms with Gasteiger partial charge >= 0.3 is 5.69 Å². The van der Waals surface area contributed by atoms with Crippen molar-refractivity contribution in [3.8, 4) is 11.5 Å². The number of ether oxygens (including phenoxy) is 2. The lowest BCUT2D eigenvalue weighted by molar-refractivity contribution is -0.387. The van der Waals surface area contributed by atoms with E-state index in [9.17, 15) is 10.1 Å². The van der Waals surface area contributed by atoms with Crippen molar-refractivity contribution in [1.29, 1.82) is 0 Å². The van der Waals surface area contributed by atoms with Gasteiger partial charge in [-0.15, -0.1) is 0 Å². The van der Waals surface area contributed by atoms with E-state index in [4.69, 9.17) is 9.47 Å². The molecule has 2 rings (SSSR count). The molecule has 0 spiro atoms. The number of nitro benzene ring substituents is 1. The number of nitro groups is 1. The molecule has 1 aromatic rings. The fourth-order valence-corrected chi connectivity index (χ4v) is 2.22. The van der Waals surface area contributed by atoms with Crippen LogP contribution in [0.4, 0.5) is 5.69 Å². The summed E-state index contributed by atoms with van der Waals surface area (Å²) in [6.07, 6.45) is 0.946. The first-order chi connectivity index (χ1) is 9.13. The SMILES string of the molecule is COc1cccc(OC2CNCCC2C)c1[N+](=O)[O-]. The Hall–Kier alpha value is -1.82. The summed E-state index contributed by atoms with van der Waals surface area (Å²) >= 11 is 0. The molecule has 0 saturated carbocycles. The molecule has 2 atom stereocenters. The second-order valence-corrected chi connectivity index (χ2v) is 4.69. The van der Waals surface area contributed by atoms with Crippen molar-refractivity contribution >= 4 is 5.69 Å². The highest BCUT2D eigenvalue weighted by Gasteiger charge is 2.28. The summed E-state index contributed by atoms with van der Waals surface area (Å²) in [5.41, 5.74) is -0.109. The highest BCUT2D eigenvalue weighted by Crippen LogP contribution is 2.37. The standard InChI is InChI=1S/C13H18N2O4/c1-9-6-7-14-8-12(9)19-11-5-3-4-10(18-2)13(11)15(16)17/h3-5,9,12,14H,6-8H2,1-2H3. The van der Waals surface area contributed by atoms with E-state index in [1.165, 1.54) is 7.11 Å². The molecule has 1 aliphatic rings. The average molecular weight is 266 g/mol. The monoisotopic (exact) mass is 266 g/mol. The third-order valence-electron chi connectivity index (χ3n) is 3.40. The topological polar surface area (TPSA) is 73.6 Å². The molecule has 6 nitrogen and oxygen atoms in total. The number of methoxy groups -OCH3 is 1. The van der Waals surface area contributed by atoms with Gasteiger partial charge < -0.3 is 14.8 Å². The summed E-state index contributed by atoms with van der Waals surface area (Å²) < 4.78 is 10.8. The van der Waals surface area contributed by atoms with Crippen LogP contribution >= 0.6 is 0 Å². The Morgan fingerprint density at radius 2 is 2.16 bits per heavy atom. The molecule has 1 saturated heterocycles. The molecule has 0 amide bonds. The minimum Gasteiger partial charge on any atom is -0.490 e. The third kappa shape index (κ3) is 2.96. The van der Waals surface area contributed by atoms with Crippen LogP contribution in [0, 0.1) is 16.0 Å². The predicted molar refractivity (Wildman–Crippen MR) is 70.7 cm³/mol. The quantitative estimate of drug-likeness (QED) is 0.666. The fourth-order valence-electron chi connectivity index (χ4n) is 2.22. The molecule has 0 radical (unpaired) electrons. The molecule has 1 fully saturated rings. The Kier molecular flexibility index (Phi) is 4.21. The first-order valence-corrected chi connectivity index (χ1v) is 6.32. The molecule has 104 valence electrons. The van der Waals surface area contributed by atoms with Gasteiger partial charge in [0.25, 0.3) is 0 Å². The number of piperidine rings is 1. The number of para-hydroxylation sites is 1. The van der Waals surface area contributed by atoms with Crippen molar-refractivity contribution in [3.63, 3.8) is 0 Å². The van der Waals surface area contributed by atoms with Gasteiger partial charge in [-0.2, -0.15) is 0 Å². The summed E-state index contributed by atoms with van der Waals surface area (Å²) in [7, 11) is 1.41. The molecule has 0 aliphatic carbocycles. The first-order valence-electron chi connectivity index (χ1n) is 6.32. The minimum atomic E-state index is -0.463. The number of benzene rings is 1.